The van der Waals surface area contributed by atoms with Crippen molar-refractivity contribution >= 4 is 0 Å². The van der Waals surface area contributed by atoms with Crippen molar-refractivity contribution in [2.24, 2.45) is 5.92 Å². The van der Waals surface area contributed by atoms with Gasteiger partial charge in [-0.3, -0.25) is 0 Å². The van der Waals surface area contributed by atoms with Gasteiger partial charge in [-0.25, -0.2) is 0 Å². The lowest BCUT2D eigenvalue weighted by molar-refractivity contribution is 0.558. The molecular formula is C16H28. The molecule has 0 aliphatic rings. The van der Waals surface area contributed by atoms with Gasteiger partial charge in [0.05, 0.1) is 0 Å². The van der Waals surface area contributed by atoms with Gasteiger partial charge in [0.1, 0.15) is 0 Å². The molecule has 0 aliphatic heterocycles. The Labute approximate surface area is 102 Å². The van der Waals surface area contributed by atoms with Crippen molar-refractivity contribution in [1.29, 1.82) is 0 Å². The monoisotopic (exact) mass is 220 g/mol. The van der Waals surface area contributed by atoms with Gasteiger partial charge in [0.15, 0.2) is 0 Å². The fourth-order valence-electron chi connectivity index (χ4n) is 1.68. The molecule has 0 aromatic carbocycles. The molecule has 0 heteroatoms. The highest BCUT2D eigenvalue weighted by Crippen LogP contribution is 2.22. The zero-order valence-corrected chi connectivity index (χ0v) is 11.8. The molecule has 0 heterocycles. The van der Waals surface area contributed by atoms with Crippen LogP contribution in [-0.2, 0) is 0 Å². The SMILES string of the molecule is C=C(C)C=CC(CC(C)CC)=C(C)CCC. The van der Waals surface area contributed by atoms with Crippen LogP contribution in [0, 0.1) is 5.92 Å². The van der Waals surface area contributed by atoms with E-state index in [1.165, 1.54) is 31.3 Å². The van der Waals surface area contributed by atoms with E-state index in [-0.39, 0.29) is 0 Å². The Morgan fingerprint density at radius 2 is 1.81 bits per heavy atom. The summed E-state index contributed by atoms with van der Waals surface area (Å²) in [6.07, 6.45) is 9.30. The van der Waals surface area contributed by atoms with Gasteiger partial charge in [-0.1, -0.05) is 63.5 Å². The maximum Gasteiger partial charge on any atom is -0.0254 e. The molecule has 0 fully saturated rings. The first-order valence-electron chi connectivity index (χ1n) is 6.53. The lowest BCUT2D eigenvalue weighted by Crippen LogP contribution is -1.96. The smallest absolute Gasteiger partial charge is 0.0254 e. The predicted octanol–water partition coefficient (Wildman–Crippen LogP) is 5.67. The second-order valence-corrected chi connectivity index (χ2v) is 4.95. The second-order valence-electron chi connectivity index (χ2n) is 4.95. The van der Waals surface area contributed by atoms with Crippen LogP contribution in [-0.4, -0.2) is 0 Å². The van der Waals surface area contributed by atoms with Gasteiger partial charge in [-0.05, 0) is 38.2 Å². The molecule has 0 radical (unpaired) electrons. The normalized spacial score (nSPS) is 15.1. The zero-order valence-electron chi connectivity index (χ0n) is 11.8. The molecule has 0 rings (SSSR count). The van der Waals surface area contributed by atoms with Crippen molar-refractivity contribution < 1.29 is 0 Å². The maximum atomic E-state index is 3.92. The van der Waals surface area contributed by atoms with E-state index < -0.39 is 0 Å². The highest BCUT2D eigenvalue weighted by atomic mass is 14.1. The van der Waals surface area contributed by atoms with Crippen LogP contribution in [0.4, 0.5) is 0 Å². The Morgan fingerprint density at radius 3 is 2.25 bits per heavy atom. The number of hydrogen-bond donors (Lipinski definition) is 0. The minimum atomic E-state index is 0.775. The van der Waals surface area contributed by atoms with Crippen LogP contribution in [0.15, 0.2) is 35.5 Å². The van der Waals surface area contributed by atoms with E-state index in [0.29, 0.717) is 0 Å². The molecular weight excluding hydrogens is 192 g/mol. The summed E-state index contributed by atoms with van der Waals surface area (Å²) in [5, 5.41) is 0. The molecule has 0 nitrogen and oxygen atoms in total. The van der Waals surface area contributed by atoms with E-state index in [9.17, 15) is 0 Å². The molecule has 0 spiro atoms. The minimum Gasteiger partial charge on any atom is -0.0961 e. The molecule has 0 amide bonds. The van der Waals surface area contributed by atoms with Crippen molar-refractivity contribution in [2.75, 3.05) is 0 Å². The quantitative estimate of drug-likeness (QED) is 0.485. The highest BCUT2D eigenvalue weighted by Gasteiger charge is 2.04. The third-order valence-corrected chi connectivity index (χ3v) is 3.01. The summed E-state index contributed by atoms with van der Waals surface area (Å²) >= 11 is 0. The van der Waals surface area contributed by atoms with Gasteiger partial charge >= 0.3 is 0 Å². The topological polar surface area (TPSA) is 0 Å². The van der Waals surface area contributed by atoms with Gasteiger partial charge in [0.2, 0.25) is 0 Å². The second kappa shape index (κ2) is 8.38. The zero-order chi connectivity index (χ0) is 12.6. The van der Waals surface area contributed by atoms with E-state index >= 15 is 0 Å². The van der Waals surface area contributed by atoms with Gasteiger partial charge in [-0.15, -0.1) is 0 Å². The molecule has 1 atom stereocenters. The first kappa shape index (κ1) is 15.2. The summed E-state index contributed by atoms with van der Waals surface area (Å²) in [6, 6.07) is 0. The van der Waals surface area contributed by atoms with Gasteiger partial charge in [0, 0.05) is 0 Å². The molecule has 1 unspecified atom stereocenters. The number of rotatable bonds is 7. The molecule has 0 aromatic rings. The van der Waals surface area contributed by atoms with Gasteiger partial charge in [-0.2, -0.15) is 0 Å². The molecule has 0 aromatic heterocycles. The standard InChI is InChI=1S/C16H28/c1-7-9-15(6)16(11-10-13(3)4)12-14(5)8-2/h10-11,14H,3,7-9,12H2,1-2,4-6H3. The molecule has 0 saturated heterocycles. The average molecular weight is 220 g/mol. The predicted molar refractivity (Wildman–Crippen MR) is 75.6 cm³/mol. The van der Waals surface area contributed by atoms with Crippen molar-refractivity contribution in [2.45, 2.75) is 60.3 Å². The lowest BCUT2D eigenvalue weighted by atomic mass is 9.93. The highest BCUT2D eigenvalue weighted by molar-refractivity contribution is 5.29. The van der Waals surface area contributed by atoms with Gasteiger partial charge in [0.25, 0.3) is 0 Å². The van der Waals surface area contributed by atoms with Gasteiger partial charge < -0.3 is 0 Å². The van der Waals surface area contributed by atoms with E-state index in [0.717, 1.165) is 11.5 Å². The summed E-state index contributed by atoms with van der Waals surface area (Å²) in [5.74, 6) is 0.775. The van der Waals surface area contributed by atoms with Crippen LogP contribution in [0.5, 0.6) is 0 Å². The summed E-state index contributed by atoms with van der Waals surface area (Å²) in [4.78, 5) is 0. The summed E-state index contributed by atoms with van der Waals surface area (Å²) in [6.45, 7) is 15.1. The number of allylic oxidation sites excluding steroid dienone is 5. The van der Waals surface area contributed by atoms with Crippen molar-refractivity contribution in [1.82, 2.24) is 0 Å². The molecule has 0 bridgehead atoms. The summed E-state index contributed by atoms with van der Waals surface area (Å²) < 4.78 is 0. The molecule has 16 heavy (non-hydrogen) atoms. The van der Waals surface area contributed by atoms with Crippen LogP contribution < -0.4 is 0 Å². The van der Waals surface area contributed by atoms with E-state index in [1.54, 1.807) is 5.57 Å². The minimum absolute atomic E-state index is 0.775. The van der Waals surface area contributed by atoms with E-state index in [1.807, 2.05) is 6.92 Å². The Bertz CT molecular complexity index is 266. The molecule has 0 saturated carbocycles. The molecule has 0 aliphatic carbocycles. The van der Waals surface area contributed by atoms with Crippen LogP contribution in [0.25, 0.3) is 0 Å². The fourth-order valence-corrected chi connectivity index (χ4v) is 1.68. The van der Waals surface area contributed by atoms with E-state index in [2.05, 4.69) is 46.4 Å². The van der Waals surface area contributed by atoms with Crippen molar-refractivity contribution in [3.05, 3.63) is 35.5 Å². The third-order valence-electron chi connectivity index (χ3n) is 3.01. The Kier molecular flexibility index (Phi) is 7.97. The number of hydrogen-bond acceptors (Lipinski definition) is 0. The Balaban J connectivity index is 4.75. The van der Waals surface area contributed by atoms with Crippen LogP contribution in [0.2, 0.25) is 0 Å². The summed E-state index contributed by atoms with van der Waals surface area (Å²) in [5.41, 5.74) is 4.19. The largest absolute Gasteiger partial charge is 0.0961 e. The maximum absolute atomic E-state index is 3.92. The summed E-state index contributed by atoms with van der Waals surface area (Å²) in [7, 11) is 0. The van der Waals surface area contributed by atoms with Crippen LogP contribution in [0.1, 0.15) is 60.3 Å². The Hall–Kier alpha value is -0.780. The average Bonchev–Trinajstić information content (AvgIpc) is 2.23. The van der Waals surface area contributed by atoms with Crippen molar-refractivity contribution in [3.8, 4) is 0 Å². The van der Waals surface area contributed by atoms with Crippen LogP contribution in [0.3, 0.4) is 0 Å². The van der Waals surface area contributed by atoms with Crippen molar-refractivity contribution in [3.63, 3.8) is 0 Å². The molecule has 92 valence electrons. The first-order valence-corrected chi connectivity index (χ1v) is 6.53. The van der Waals surface area contributed by atoms with Crippen LogP contribution >= 0.6 is 0 Å². The fraction of sp³-hybridized carbons (Fsp3) is 0.625. The third kappa shape index (κ3) is 6.66. The lowest BCUT2D eigenvalue weighted by Gasteiger charge is -2.13. The Morgan fingerprint density at radius 1 is 1.19 bits per heavy atom. The van der Waals surface area contributed by atoms with E-state index in [4.69, 9.17) is 0 Å². The molecule has 0 N–H and O–H groups in total. The first-order chi connectivity index (χ1) is 7.51.